The maximum atomic E-state index is 11.6. The van der Waals surface area contributed by atoms with Crippen molar-refractivity contribution in [3.05, 3.63) is 93.8 Å². The summed E-state index contributed by atoms with van der Waals surface area (Å²) in [6, 6.07) is 15.4. The summed E-state index contributed by atoms with van der Waals surface area (Å²) in [7, 11) is 0. The predicted octanol–water partition coefficient (Wildman–Crippen LogP) is 5.97. The third-order valence-corrected chi connectivity index (χ3v) is 5.77. The molecule has 0 spiro atoms. The van der Waals surface area contributed by atoms with Crippen molar-refractivity contribution in [2.24, 2.45) is 17.4 Å². The van der Waals surface area contributed by atoms with Crippen molar-refractivity contribution >= 4 is 36.9 Å². The minimum absolute atomic E-state index is 0. The van der Waals surface area contributed by atoms with Gasteiger partial charge in [-0.2, -0.15) is 0 Å². The molecule has 5 nitrogen and oxygen atoms in total. The van der Waals surface area contributed by atoms with E-state index in [0.29, 0.717) is 31.0 Å². The molecule has 0 fully saturated rings. The topological polar surface area (TPSA) is 102 Å². The Morgan fingerprint density at radius 1 is 1.03 bits per heavy atom. The van der Waals surface area contributed by atoms with Crippen LogP contribution in [0.2, 0.25) is 0 Å². The highest BCUT2D eigenvalue weighted by Crippen LogP contribution is 2.33. The van der Waals surface area contributed by atoms with Gasteiger partial charge in [0.2, 0.25) is 0 Å². The van der Waals surface area contributed by atoms with Crippen molar-refractivity contribution in [3.8, 4) is 11.1 Å². The van der Waals surface area contributed by atoms with Gasteiger partial charge in [-0.05, 0) is 59.6 Å². The Hall–Kier alpha value is -2.70. The zero-order chi connectivity index (χ0) is 24.0. The van der Waals surface area contributed by atoms with Gasteiger partial charge in [0, 0.05) is 30.0 Å². The SMILES string of the molecule is Cc1nc(CC(C)C)c(CN)c(-c2ccc(CN)cc2)c1/C=C/Cc1ccccc1C(=O)O.Cl.Cl. The number of aromatic nitrogens is 1. The zero-order valence-corrected chi connectivity index (χ0v) is 22.1. The first kappa shape index (κ1) is 30.3. The standard InChI is InChI=1S/C28H33N3O2.2ClH/c1-18(2)15-26-25(17-30)27(22-13-11-20(16-29)12-14-22)23(19(3)31-26)10-6-8-21-7-4-5-9-24(21)28(32)33;;/h4-7,9-14,18H,8,15-17,29-30H2,1-3H3,(H,32,33);2*1H/b10-6+;;. The number of hydrogen-bond acceptors (Lipinski definition) is 4. The van der Waals surface area contributed by atoms with Gasteiger partial charge in [0.05, 0.1) is 5.56 Å². The summed E-state index contributed by atoms with van der Waals surface area (Å²) in [5, 5.41) is 9.48. The van der Waals surface area contributed by atoms with Gasteiger partial charge in [0.1, 0.15) is 0 Å². The second kappa shape index (κ2) is 14.0. The Balaban J connectivity index is 0.00000306. The van der Waals surface area contributed by atoms with Crippen molar-refractivity contribution in [2.45, 2.75) is 46.7 Å². The normalized spacial score (nSPS) is 10.8. The van der Waals surface area contributed by atoms with E-state index in [1.54, 1.807) is 12.1 Å². The zero-order valence-electron chi connectivity index (χ0n) is 20.5. The van der Waals surface area contributed by atoms with Crippen LogP contribution in [0.15, 0.2) is 54.6 Å². The average molecular weight is 517 g/mol. The first-order chi connectivity index (χ1) is 15.8. The molecule has 3 aromatic rings. The first-order valence-electron chi connectivity index (χ1n) is 11.3. The number of aryl methyl sites for hydroxylation is 1. The van der Waals surface area contributed by atoms with E-state index in [1.807, 2.05) is 43.3 Å². The van der Waals surface area contributed by atoms with Crippen LogP contribution >= 0.6 is 24.8 Å². The molecule has 2 aromatic carbocycles. The molecule has 0 unspecified atom stereocenters. The maximum absolute atomic E-state index is 11.6. The van der Waals surface area contributed by atoms with Gasteiger partial charge in [-0.25, -0.2) is 4.79 Å². The third kappa shape index (κ3) is 7.39. The lowest BCUT2D eigenvalue weighted by Gasteiger charge is -2.20. The lowest BCUT2D eigenvalue weighted by atomic mass is 9.89. The molecule has 0 amide bonds. The molecule has 3 rings (SSSR count). The first-order valence-corrected chi connectivity index (χ1v) is 11.3. The molecule has 0 aliphatic heterocycles. The summed E-state index contributed by atoms with van der Waals surface area (Å²) in [4.78, 5) is 16.5. The molecule has 0 radical (unpaired) electrons. The van der Waals surface area contributed by atoms with E-state index in [4.69, 9.17) is 16.5 Å². The molecular formula is C28H35Cl2N3O2. The summed E-state index contributed by atoms with van der Waals surface area (Å²) in [6.07, 6.45) is 5.42. The molecule has 1 aromatic heterocycles. The number of carboxylic acid groups (broad SMARTS) is 1. The van der Waals surface area contributed by atoms with E-state index in [0.717, 1.165) is 51.2 Å². The third-order valence-electron chi connectivity index (χ3n) is 5.77. The van der Waals surface area contributed by atoms with Crippen molar-refractivity contribution in [2.75, 3.05) is 0 Å². The number of pyridine rings is 1. The van der Waals surface area contributed by atoms with E-state index in [-0.39, 0.29) is 24.8 Å². The molecule has 5 N–H and O–H groups in total. The molecule has 0 saturated heterocycles. The Bertz CT molecular complexity index is 1160. The number of hydrogen-bond donors (Lipinski definition) is 3. The number of aromatic carboxylic acids is 1. The van der Waals surface area contributed by atoms with Crippen LogP contribution in [0.25, 0.3) is 17.2 Å². The van der Waals surface area contributed by atoms with Crippen LogP contribution in [0.5, 0.6) is 0 Å². The minimum atomic E-state index is -0.916. The molecule has 35 heavy (non-hydrogen) atoms. The number of carbonyl (C=O) groups is 1. The Morgan fingerprint density at radius 3 is 2.26 bits per heavy atom. The smallest absolute Gasteiger partial charge is 0.335 e. The Kier molecular flexibility index (Phi) is 12.1. The van der Waals surface area contributed by atoms with Crippen molar-refractivity contribution < 1.29 is 9.90 Å². The minimum Gasteiger partial charge on any atom is -0.478 e. The van der Waals surface area contributed by atoms with Crippen LogP contribution < -0.4 is 11.5 Å². The average Bonchev–Trinajstić information content (AvgIpc) is 2.80. The number of rotatable bonds is 9. The van der Waals surface area contributed by atoms with Crippen LogP contribution in [0.3, 0.4) is 0 Å². The summed E-state index contributed by atoms with van der Waals surface area (Å²) in [5.74, 6) is -0.454. The van der Waals surface area contributed by atoms with Gasteiger partial charge < -0.3 is 16.6 Å². The Labute approximate surface area is 220 Å². The number of nitrogens with two attached hydrogens (primary N) is 2. The van der Waals surface area contributed by atoms with Gasteiger partial charge in [0.15, 0.2) is 0 Å². The van der Waals surface area contributed by atoms with E-state index in [9.17, 15) is 9.90 Å². The fourth-order valence-corrected chi connectivity index (χ4v) is 4.15. The van der Waals surface area contributed by atoms with Gasteiger partial charge >= 0.3 is 5.97 Å². The molecule has 0 atom stereocenters. The van der Waals surface area contributed by atoms with Crippen LogP contribution in [0.4, 0.5) is 0 Å². The fourth-order valence-electron chi connectivity index (χ4n) is 4.15. The van der Waals surface area contributed by atoms with Crippen LogP contribution in [0, 0.1) is 12.8 Å². The highest BCUT2D eigenvalue weighted by molar-refractivity contribution is 5.89. The lowest BCUT2D eigenvalue weighted by Crippen LogP contribution is -2.12. The molecule has 7 heteroatoms. The number of nitrogens with zero attached hydrogens (tertiary/aromatic N) is 1. The van der Waals surface area contributed by atoms with Crippen LogP contribution in [-0.4, -0.2) is 16.1 Å². The van der Waals surface area contributed by atoms with E-state index >= 15 is 0 Å². The maximum Gasteiger partial charge on any atom is 0.335 e. The second-order valence-corrected chi connectivity index (χ2v) is 8.68. The number of allylic oxidation sites excluding steroid dienone is 1. The molecule has 0 aliphatic carbocycles. The predicted molar refractivity (Wildman–Crippen MR) is 149 cm³/mol. The van der Waals surface area contributed by atoms with Gasteiger partial charge in [-0.1, -0.05) is 68.5 Å². The molecular weight excluding hydrogens is 481 g/mol. The largest absolute Gasteiger partial charge is 0.478 e. The number of benzene rings is 2. The Morgan fingerprint density at radius 2 is 1.69 bits per heavy atom. The monoisotopic (exact) mass is 515 g/mol. The van der Waals surface area contributed by atoms with Crippen molar-refractivity contribution in [3.63, 3.8) is 0 Å². The van der Waals surface area contributed by atoms with Crippen LogP contribution in [-0.2, 0) is 25.9 Å². The molecule has 188 valence electrons. The highest BCUT2D eigenvalue weighted by Gasteiger charge is 2.18. The molecule has 0 bridgehead atoms. The van der Waals surface area contributed by atoms with Crippen LogP contribution in [0.1, 0.15) is 57.8 Å². The molecule has 0 aliphatic rings. The van der Waals surface area contributed by atoms with Gasteiger partial charge in [0.25, 0.3) is 0 Å². The van der Waals surface area contributed by atoms with Gasteiger partial charge in [-0.3, -0.25) is 4.98 Å². The summed E-state index contributed by atoms with van der Waals surface area (Å²) >= 11 is 0. The number of halogens is 2. The van der Waals surface area contributed by atoms with E-state index in [1.165, 1.54) is 0 Å². The second-order valence-electron chi connectivity index (χ2n) is 8.68. The van der Waals surface area contributed by atoms with Crippen molar-refractivity contribution in [1.29, 1.82) is 0 Å². The van der Waals surface area contributed by atoms with Crippen molar-refractivity contribution in [1.82, 2.24) is 4.98 Å². The fraction of sp³-hybridized carbons (Fsp3) is 0.286. The van der Waals surface area contributed by atoms with E-state index in [2.05, 4.69) is 26.0 Å². The molecule has 0 saturated carbocycles. The lowest BCUT2D eigenvalue weighted by molar-refractivity contribution is 0.0696. The molecule has 1 heterocycles. The summed E-state index contributed by atoms with van der Waals surface area (Å²) < 4.78 is 0. The highest BCUT2D eigenvalue weighted by atomic mass is 35.5. The summed E-state index contributed by atoms with van der Waals surface area (Å²) in [5.41, 5.74) is 20.4. The van der Waals surface area contributed by atoms with Gasteiger partial charge in [-0.15, -0.1) is 24.8 Å². The summed E-state index contributed by atoms with van der Waals surface area (Å²) in [6.45, 7) is 7.27. The van der Waals surface area contributed by atoms with E-state index < -0.39 is 5.97 Å². The quantitative estimate of drug-likeness (QED) is 0.325. The number of carboxylic acids is 1.